The van der Waals surface area contributed by atoms with Crippen molar-refractivity contribution in [3.05, 3.63) is 0 Å². The van der Waals surface area contributed by atoms with Gasteiger partial charge < -0.3 is 75.5 Å². The Morgan fingerprint density at radius 3 is 1.80 bits per heavy atom. The van der Waals surface area contributed by atoms with Gasteiger partial charge in [0.25, 0.3) is 0 Å². The number of Topliss-reactive ketones (excluding diaryl/α,β-unsaturated/α-hetero) is 1. The van der Waals surface area contributed by atoms with E-state index in [0.29, 0.717) is 30.1 Å². The highest BCUT2D eigenvalue weighted by Crippen LogP contribution is 2.33. The number of carbonyl (C=O) groups excluding carboxylic acids is 8. The highest BCUT2D eigenvalue weighted by Gasteiger charge is 2.40. The first-order valence-electron chi connectivity index (χ1n) is 20.3. The van der Waals surface area contributed by atoms with E-state index in [1.165, 1.54) is 0 Å². The molecule has 1 aliphatic heterocycles. The molecule has 0 aromatic heterocycles. The van der Waals surface area contributed by atoms with Crippen LogP contribution < -0.4 is 60.2 Å². The number of carboxylic acids is 3. The molecule has 64 heavy (non-hydrogen) atoms. The molecule has 0 aromatic rings. The number of hydrogen-bond donors (Lipinski definition) is 14. The maximum Gasteiger partial charge on any atom is 0.319 e. The van der Waals surface area contributed by atoms with Crippen molar-refractivity contribution in [3.8, 4) is 0 Å². The van der Waals surface area contributed by atoms with Crippen molar-refractivity contribution >= 4 is 92.6 Å². The standard InChI is InChI=1S/C36H58N12O14S2/c37-9-2-1-7-20-31(57)42-13-24(49)17-5-3-6-18(17)29(55)48-22(11-27(51)52)33(59)43-14-25(35(61)62)64-63-16-19(38)30(56)46-21(8-4-10-41-36(39)40)32(58)44-15-26(50)45-23(12-28(53)54)34(60)47-20/h17-23,25H,1-16,37-38H2,(H,42,57)(H,43,59)(H,44,58)(H,45,50)(H,46,56)(H,47,60)(H,48,55)(H,51,52)(H,53,54)(H,61,62)(H4,39,40,41)/t17?,18-,19+,20?,21+,22+,23+,25-/m1/s1. The van der Waals surface area contributed by atoms with Gasteiger partial charge in [0.15, 0.2) is 11.7 Å². The van der Waals surface area contributed by atoms with Crippen molar-refractivity contribution in [2.45, 2.75) is 99.7 Å². The van der Waals surface area contributed by atoms with E-state index in [4.69, 9.17) is 22.9 Å². The van der Waals surface area contributed by atoms with Crippen molar-refractivity contribution in [3.63, 3.8) is 0 Å². The van der Waals surface area contributed by atoms with Crippen LogP contribution in [0.2, 0.25) is 0 Å². The molecule has 1 aliphatic carbocycles. The number of rotatable bonds is 13. The van der Waals surface area contributed by atoms with E-state index in [-0.39, 0.29) is 56.9 Å². The monoisotopic (exact) mass is 946 g/mol. The third kappa shape index (κ3) is 19.8. The lowest BCUT2D eigenvalue weighted by Crippen LogP contribution is -2.56. The van der Waals surface area contributed by atoms with Crippen LogP contribution in [0.25, 0.3) is 0 Å². The second-order valence-electron chi connectivity index (χ2n) is 14.8. The molecular weight excluding hydrogens is 889 g/mol. The first-order valence-corrected chi connectivity index (χ1v) is 22.6. The fourth-order valence-corrected chi connectivity index (χ4v) is 8.90. The highest BCUT2D eigenvalue weighted by atomic mass is 33.1. The minimum atomic E-state index is -1.77. The van der Waals surface area contributed by atoms with Gasteiger partial charge in [0, 0.05) is 30.7 Å². The number of nitrogens with one attached hydrogen (secondary N) is 7. The number of carbonyl (C=O) groups is 11. The highest BCUT2D eigenvalue weighted by molar-refractivity contribution is 8.77. The second-order valence-corrected chi connectivity index (χ2v) is 17.5. The molecule has 1 saturated heterocycles. The summed E-state index contributed by atoms with van der Waals surface area (Å²) >= 11 is 0. The molecule has 18 N–H and O–H groups in total. The number of nitrogens with two attached hydrogens (primary N) is 4. The van der Waals surface area contributed by atoms with Crippen molar-refractivity contribution in [1.82, 2.24) is 37.2 Å². The van der Waals surface area contributed by atoms with Crippen LogP contribution >= 0.6 is 21.6 Å². The minimum absolute atomic E-state index is 0.0290. The Morgan fingerprint density at radius 1 is 0.656 bits per heavy atom. The van der Waals surface area contributed by atoms with Gasteiger partial charge in [-0.2, -0.15) is 0 Å². The first-order chi connectivity index (χ1) is 30.2. The van der Waals surface area contributed by atoms with Crippen LogP contribution in [-0.4, -0.2) is 160 Å². The van der Waals surface area contributed by atoms with Crippen molar-refractivity contribution in [2.75, 3.05) is 38.5 Å². The van der Waals surface area contributed by atoms with E-state index in [0.717, 1.165) is 10.8 Å². The van der Waals surface area contributed by atoms with Gasteiger partial charge in [-0.3, -0.25) is 57.7 Å². The minimum Gasteiger partial charge on any atom is -0.481 e. The Labute approximate surface area is 374 Å². The van der Waals surface area contributed by atoms with Crippen LogP contribution in [0, 0.1) is 11.8 Å². The Morgan fingerprint density at radius 2 is 1.20 bits per heavy atom. The van der Waals surface area contributed by atoms with Crippen LogP contribution in [0.5, 0.6) is 0 Å². The fourth-order valence-electron chi connectivity index (χ4n) is 6.50. The van der Waals surface area contributed by atoms with Gasteiger partial charge in [-0.05, 0) is 51.5 Å². The summed E-state index contributed by atoms with van der Waals surface area (Å²) < 4.78 is 0. The Bertz CT molecular complexity index is 1750. The molecule has 28 heteroatoms. The van der Waals surface area contributed by atoms with Gasteiger partial charge in [-0.25, -0.2) is 0 Å². The number of unbranched alkanes of at least 4 members (excludes halogenated alkanes) is 1. The van der Waals surface area contributed by atoms with Crippen LogP contribution in [-0.2, 0) is 52.7 Å². The van der Waals surface area contributed by atoms with Crippen LogP contribution in [0.4, 0.5) is 0 Å². The van der Waals surface area contributed by atoms with E-state index in [1.54, 1.807) is 0 Å². The lowest BCUT2D eigenvalue weighted by Gasteiger charge is -2.24. The summed E-state index contributed by atoms with van der Waals surface area (Å²) in [6, 6.07) is -7.49. The lowest BCUT2D eigenvalue weighted by molar-refractivity contribution is -0.142. The number of aliphatic imine (C=N–C) groups is 1. The van der Waals surface area contributed by atoms with Gasteiger partial charge >= 0.3 is 17.9 Å². The van der Waals surface area contributed by atoms with E-state index < -0.39 is 145 Å². The van der Waals surface area contributed by atoms with Gasteiger partial charge in [-0.1, -0.05) is 28.0 Å². The van der Waals surface area contributed by atoms with E-state index in [1.807, 2.05) is 0 Å². The SMILES string of the molecule is NCCCCC1NC(=O)[C@H](CC(=O)O)NC(=O)CNC(=O)[C@H](CCCN=C(N)N)NC(=O)[C@@H](N)CSS[C@@H](C(=O)O)CNC(=O)[C@H](CC(=O)O)NC(=O)[C@@H]2CCCC2C(=O)CNC1=O. The molecule has 0 aromatic carbocycles. The zero-order valence-electron chi connectivity index (χ0n) is 34.8. The Hall–Kier alpha value is -5.74. The molecular formula is C36H58N12O14S2. The smallest absolute Gasteiger partial charge is 0.319 e. The maximum absolute atomic E-state index is 13.5. The van der Waals surface area contributed by atoms with Gasteiger partial charge in [-0.15, -0.1) is 0 Å². The lowest BCUT2D eigenvalue weighted by atomic mass is 9.90. The van der Waals surface area contributed by atoms with Gasteiger partial charge in [0.05, 0.1) is 32.0 Å². The van der Waals surface area contributed by atoms with Crippen LogP contribution in [0.1, 0.15) is 64.2 Å². The van der Waals surface area contributed by atoms with E-state index >= 15 is 0 Å². The molecule has 2 fully saturated rings. The largest absolute Gasteiger partial charge is 0.481 e. The number of ketones is 1. The van der Waals surface area contributed by atoms with Crippen molar-refractivity contribution in [2.24, 2.45) is 39.8 Å². The summed E-state index contributed by atoms with van der Waals surface area (Å²) in [6.07, 6.45) is -0.354. The number of fused-ring (bicyclic) bond motifs is 1. The Kier molecular flexibility index (Phi) is 23.9. The second kappa shape index (κ2) is 28.1. The number of amides is 7. The van der Waals surface area contributed by atoms with Crippen molar-refractivity contribution < 1.29 is 68.1 Å². The first kappa shape index (κ1) is 54.4. The van der Waals surface area contributed by atoms with Gasteiger partial charge in [0.2, 0.25) is 41.4 Å². The molecule has 1 heterocycles. The molecule has 2 rings (SSSR count). The molecule has 0 spiro atoms. The fraction of sp³-hybridized carbons (Fsp3) is 0.667. The van der Waals surface area contributed by atoms with Crippen molar-refractivity contribution in [1.29, 1.82) is 0 Å². The number of carboxylic acid groups (broad SMARTS) is 3. The molecule has 358 valence electrons. The average molecular weight is 947 g/mol. The summed E-state index contributed by atoms with van der Waals surface area (Å²) in [5, 5.41) is 43.9. The molecule has 0 bridgehead atoms. The predicted octanol–water partition coefficient (Wildman–Crippen LogP) is -5.43. The average Bonchev–Trinajstić information content (AvgIpc) is 3.73. The maximum atomic E-state index is 13.5. The summed E-state index contributed by atoms with van der Waals surface area (Å²) in [5.74, 6) is -14.1. The quantitative estimate of drug-likeness (QED) is 0.0355. The van der Waals surface area contributed by atoms with Gasteiger partial charge in [0.1, 0.15) is 29.4 Å². The van der Waals surface area contributed by atoms with Crippen LogP contribution in [0.3, 0.4) is 0 Å². The predicted molar refractivity (Wildman–Crippen MR) is 229 cm³/mol. The zero-order chi connectivity index (χ0) is 47.9. The molecule has 8 atom stereocenters. The normalized spacial score (nSPS) is 26.7. The van der Waals surface area contributed by atoms with E-state index in [2.05, 4.69) is 42.2 Å². The van der Waals surface area contributed by atoms with Crippen LogP contribution in [0.15, 0.2) is 4.99 Å². The third-order valence-corrected chi connectivity index (χ3v) is 12.6. The number of aliphatic carboxylic acids is 3. The summed E-state index contributed by atoms with van der Waals surface area (Å²) in [7, 11) is 1.53. The molecule has 2 aliphatic rings. The molecule has 0 radical (unpaired) electrons. The topological polar surface area (TPSA) is 449 Å². The molecule has 7 amide bonds. The number of guanidine groups is 1. The van der Waals surface area contributed by atoms with E-state index in [9.17, 15) is 68.1 Å². The summed E-state index contributed by atoms with van der Waals surface area (Å²) in [5.41, 5.74) is 22.4. The Balaban J connectivity index is 2.46. The summed E-state index contributed by atoms with van der Waals surface area (Å²) in [4.78, 5) is 146. The number of nitrogens with zero attached hydrogens (tertiary/aromatic N) is 1. The molecule has 2 unspecified atom stereocenters. The molecule has 26 nitrogen and oxygen atoms in total. The molecule has 1 saturated carbocycles. The third-order valence-electron chi connectivity index (χ3n) is 9.83. The zero-order valence-corrected chi connectivity index (χ0v) is 36.5. The number of hydrogen-bond acceptors (Lipinski definition) is 16. The summed E-state index contributed by atoms with van der Waals surface area (Å²) in [6.45, 7) is -1.73.